The largest absolute Gasteiger partial charge is 0.274 e. The fraction of sp³-hybridized carbons (Fsp3) is 0.152. The summed E-state index contributed by atoms with van der Waals surface area (Å²) in [6, 6.07) is 29.7. The third-order valence-electron chi connectivity index (χ3n) is 8.51. The van der Waals surface area contributed by atoms with Crippen molar-refractivity contribution in [2.45, 2.75) is 17.8 Å². The number of hydrogen-bond acceptors (Lipinski definition) is 4. The number of carbonyl (C=O) groups excluding carboxylic acids is 3. The van der Waals surface area contributed by atoms with Crippen LogP contribution in [0.5, 0.6) is 0 Å². The SMILES string of the molecule is O=C(Cc1ccc(Cl)cc1)N/N=C\C12c3ccccc3C(c3ccccc31)[C@H]1C(=O)N(c3ccccc3Cl)C(=O)[C@H]12. The van der Waals surface area contributed by atoms with Crippen molar-refractivity contribution in [3.63, 3.8) is 0 Å². The highest BCUT2D eigenvalue weighted by atomic mass is 35.5. The van der Waals surface area contributed by atoms with Gasteiger partial charge in [0.15, 0.2) is 0 Å². The van der Waals surface area contributed by atoms with Crippen LogP contribution >= 0.6 is 23.2 Å². The first-order valence-electron chi connectivity index (χ1n) is 13.3. The van der Waals surface area contributed by atoms with E-state index in [2.05, 4.69) is 10.5 Å². The number of halogens is 2. The fourth-order valence-electron chi connectivity index (χ4n) is 6.95. The van der Waals surface area contributed by atoms with E-state index < -0.39 is 17.3 Å². The van der Waals surface area contributed by atoms with E-state index >= 15 is 0 Å². The van der Waals surface area contributed by atoms with Gasteiger partial charge in [0.25, 0.3) is 0 Å². The molecule has 4 aliphatic rings. The van der Waals surface area contributed by atoms with Crippen molar-refractivity contribution in [2.75, 3.05) is 4.90 Å². The first kappa shape index (κ1) is 25.7. The molecule has 2 bridgehead atoms. The Morgan fingerprint density at radius 1 is 0.829 bits per heavy atom. The third-order valence-corrected chi connectivity index (χ3v) is 9.08. The Bertz CT molecular complexity index is 1720. The van der Waals surface area contributed by atoms with Crippen molar-refractivity contribution >= 4 is 52.8 Å². The predicted octanol–water partition coefficient (Wildman–Crippen LogP) is 5.89. The highest BCUT2D eigenvalue weighted by Gasteiger charge is 2.68. The van der Waals surface area contributed by atoms with E-state index in [9.17, 15) is 14.4 Å². The van der Waals surface area contributed by atoms with Crippen molar-refractivity contribution in [2.24, 2.45) is 16.9 Å². The number of hydrogen-bond donors (Lipinski definition) is 1. The van der Waals surface area contributed by atoms with Gasteiger partial charge in [-0.1, -0.05) is 96.0 Å². The number of para-hydroxylation sites is 1. The molecule has 8 rings (SSSR count). The number of hydrazone groups is 1. The molecule has 3 amide bonds. The van der Waals surface area contributed by atoms with Crippen LogP contribution in [-0.4, -0.2) is 23.9 Å². The molecule has 1 heterocycles. The minimum Gasteiger partial charge on any atom is -0.274 e. The summed E-state index contributed by atoms with van der Waals surface area (Å²) in [5.74, 6) is -2.65. The zero-order valence-electron chi connectivity index (χ0n) is 21.6. The molecule has 0 aromatic heterocycles. The van der Waals surface area contributed by atoms with Gasteiger partial charge in [0.05, 0.1) is 34.4 Å². The summed E-state index contributed by atoms with van der Waals surface area (Å²) in [5, 5.41) is 5.37. The smallest absolute Gasteiger partial charge is 0.244 e. The summed E-state index contributed by atoms with van der Waals surface area (Å²) in [6.45, 7) is 0. The van der Waals surface area contributed by atoms with Crippen LogP contribution in [0.3, 0.4) is 0 Å². The molecule has 2 atom stereocenters. The van der Waals surface area contributed by atoms with Gasteiger partial charge in [0, 0.05) is 17.2 Å². The molecule has 0 spiro atoms. The Labute approximate surface area is 246 Å². The molecule has 0 saturated carbocycles. The highest BCUT2D eigenvalue weighted by Crippen LogP contribution is 2.63. The lowest BCUT2D eigenvalue weighted by atomic mass is 9.47. The van der Waals surface area contributed by atoms with E-state index in [0.717, 1.165) is 27.8 Å². The van der Waals surface area contributed by atoms with Gasteiger partial charge >= 0.3 is 0 Å². The minimum absolute atomic E-state index is 0.112. The first-order valence-corrected chi connectivity index (χ1v) is 14.1. The molecule has 3 aliphatic carbocycles. The Morgan fingerprint density at radius 2 is 1.44 bits per heavy atom. The average molecular weight is 580 g/mol. The third kappa shape index (κ3) is 3.78. The zero-order valence-corrected chi connectivity index (χ0v) is 23.1. The molecule has 0 radical (unpaired) electrons. The van der Waals surface area contributed by atoms with Crippen molar-refractivity contribution in [3.8, 4) is 0 Å². The molecule has 4 aromatic rings. The monoisotopic (exact) mass is 579 g/mol. The van der Waals surface area contributed by atoms with Crippen LogP contribution in [0, 0.1) is 11.8 Å². The Morgan fingerprint density at radius 3 is 2.10 bits per heavy atom. The van der Waals surface area contributed by atoms with Crippen LogP contribution in [0.2, 0.25) is 10.0 Å². The molecular formula is C33H23Cl2N3O3. The van der Waals surface area contributed by atoms with E-state index in [1.54, 1.807) is 54.7 Å². The van der Waals surface area contributed by atoms with Crippen LogP contribution in [0.1, 0.15) is 33.7 Å². The van der Waals surface area contributed by atoms with Gasteiger partial charge < -0.3 is 0 Å². The highest BCUT2D eigenvalue weighted by molar-refractivity contribution is 6.36. The summed E-state index contributed by atoms with van der Waals surface area (Å²) in [4.78, 5) is 42.6. The van der Waals surface area contributed by atoms with E-state index in [4.69, 9.17) is 23.2 Å². The summed E-state index contributed by atoms with van der Waals surface area (Å²) < 4.78 is 0. The minimum atomic E-state index is -1.08. The quantitative estimate of drug-likeness (QED) is 0.182. The van der Waals surface area contributed by atoms with Crippen LogP contribution in [0.15, 0.2) is 102 Å². The maximum atomic E-state index is 14.4. The van der Waals surface area contributed by atoms with Crippen LogP contribution in [0.4, 0.5) is 5.69 Å². The van der Waals surface area contributed by atoms with Gasteiger partial charge in [-0.15, -0.1) is 0 Å². The topological polar surface area (TPSA) is 78.8 Å². The van der Waals surface area contributed by atoms with Gasteiger partial charge in [-0.25, -0.2) is 10.3 Å². The van der Waals surface area contributed by atoms with Gasteiger partial charge in [0.2, 0.25) is 17.7 Å². The van der Waals surface area contributed by atoms with Crippen LogP contribution in [-0.2, 0) is 26.2 Å². The van der Waals surface area contributed by atoms with E-state index in [-0.39, 0.29) is 30.1 Å². The molecule has 1 fully saturated rings. The number of amides is 3. The summed E-state index contributed by atoms with van der Waals surface area (Å²) >= 11 is 12.5. The Balaban J connectivity index is 1.35. The lowest BCUT2D eigenvalue weighted by Crippen LogP contribution is -2.54. The van der Waals surface area contributed by atoms with Crippen molar-refractivity contribution in [3.05, 3.63) is 135 Å². The second kappa shape index (κ2) is 9.68. The van der Waals surface area contributed by atoms with E-state index in [1.165, 1.54) is 4.90 Å². The normalized spacial score (nSPS) is 23.9. The predicted molar refractivity (Wildman–Crippen MR) is 158 cm³/mol. The number of imide groups is 1. The number of rotatable bonds is 5. The molecule has 1 N–H and O–H groups in total. The lowest BCUT2D eigenvalue weighted by molar-refractivity contribution is -0.123. The van der Waals surface area contributed by atoms with Gasteiger partial charge in [-0.2, -0.15) is 5.10 Å². The van der Waals surface area contributed by atoms with E-state index in [0.29, 0.717) is 15.7 Å². The average Bonchev–Trinajstić information content (AvgIpc) is 3.25. The maximum Gasteiger partial charge on any atom is 0.244 e. The number of nitrogens with one attached hydrogen (secondary N) is 1. The van der Waals surface area contributed by atoms with Gasteiger partial charge in [0.1, 0.15) is 0 Å². The molecule has 202 valence electrons. The molecule has 0 unspecified atom stereocenters. The van der Waals surface area contributed by atoms with Crippen LogP contribution < -0.4 is 10.3 Å². The Hall–Kier alpha value is -4.26. The molecule has 1 saturated heterocycles. The fourth-order valence-corrected chi connectivity index (χ4v) is 7.30. The summed E-state index contributed by atoms with van der Waals surface area (Å²) in [6.07, 6.45) is 1.76. The molecule has 6 nitrogen and oxygen atoms in total. The van der Waals surface area contributed by atoms with E-state index in [1.807, 2.05) is 48.5 Å². The van der Waals surface area contributed by atoms with Gasteiger partial charge in [-0.05, 0) is 52.1 Å². The summed E-state index contributed by atoms with van der Waals surface area (Å²) in [7, 11) is 0. The van der Waals surface area contributed by atoms with Crippen molar-refractivity contribution < 1.29 is 14.4 Å². The second-order valence-corrected chi connectivity index (χ2v) is 11.4. The molecule has 4 aromatic carbocycles. The Kier molecular flexibility index (Phi) is 6.07. The number of anilines is 1. The standard InChI is InChI=1S/C33H23Cl2N3O3/c34-20-15-13-19(14-16-20)17-27(39)37-36-18-33-23-9-3-1-7-21(23)28(22-8-2-4-10-24(22)33)29-30(33)32(41)38(31(29)40)26-12-6-5-11-25(26)35/h1-16,18,28-30H,17H2,(H,37,39)/b36-18-/t28?,29-,30+,33?/m1/s1. The van der Waals surface area contributed by atoms with Crippen LogP contribution in [0.25, 0.3) is 0 Å². The second-order valence-electron chi connectivity index (χ2n) is 10.6. The zero-order chi connectivity index (χ0) is 28.3. The first-order chi connectivity index (χ1) is 19.9. The maximum absolute atomic E-state index is 14.4. The van der Waals surface area contributed by atoms with Crippen molar-refractivity contribution in [1.29, 1.82) is 0 Å². The number of benzene rings is 4. The van der Waals surface area contributed by atoms with Gasteiger partial charge in [-0.3, -0.25) is 14.4 Å². The lowest BCUT2D eigenvalue weighted by Gasteiger charge is -2.52. The number of carbonyl (C=O) groups is 3. The number of nitrogens with zero attached hydrogens (tertiary/aromatic N) is 2. The molecular weight excluding hydrogens is 557 g/mol. The molecule has 41 heavy (non-hydrogen) atoms. The summed E-state index contributed by atoms with van der Waals surface area (Å²) in [5.41, 5.74) is 6.51. The van der Waals surface area contributed by atoms with Crippen molar-refractivity contribution in [1.82, 2.24) is 5.43 Å². The molecule has 1 aliphatic heterocycles. The molecule has 8 heteroatoms.